The van der Waals surface area contributed by atoms with Crippen LogP contribution in [-0.2, 0) is 33.2 Å². The summed E-state index contributed by atoms with van der Waals surface area (Å²) < 4.78 is 34.4. The van der Waals surface area contributed by atoms with E-state index in [2.05, 4.69) is 43.5 Å². The Hall–Kier alpha value is -1.99. The fraction of sp³-hybridized carbons (Fsp3) is 0.904. The Bertz CT molecular complexity index is 1810. The summed E-state index contributed by atoms with van der Waals surface area (Å²) in [5, 5.41) is 121. The van der Waals surface area contributed by atoms with E-state index >= 15 is 0 Å². The molecule has 19 heteroatoms. The molecule has 19 nitrogen and oxygen atoms in total. The third-order valence-electron chi connectivity index (χ3n) is 18.7. The van der Waals surface area contributed by atoms with E-state index in [9.17, 15) is 61.0 Å². The second-order valence-electron chi connectivity index (χ2n) is 26.7. The molecule has 3 aliphatic rings. The number of unbranched alkanes of at least 4 members (excludes halogenated alkanes) is 38. The van der Waals surface area contributed by atoms with Crippen LogP contribution in [0.4, 0.5) is 0 Å². The van der Waals surface area contributed by atoms with Crippen LogP contribution in [0.25, 0.3) is 0 Å². The summed E-state index contributed by atoms with van der Waals surface area (Å²) in [6.07, 6.45) is 38.4. The van der Waals surface area contributed by atoms with Gasteiger partial charge in [0, 0.05) is 6.42 Å². The van der Waals surface area contributed by atoms with Crippen molar-refractivity contribution >= 4 is 5.91 Å². The van der Waals surface area contributed by atoms with Crippen molar-refractivity contribution in [1.29, 1.82) is 0 Å². The highest BCUT2D eigenvalue weighted by molar-refractivity contribution is 5.76. The van der Waals surface area contributed by atoms with Gasteiger partial charge in [0.25, 0.3) is 0 Å². The minimum Gasteiger partial charge on any atom is -0.394 e. The Morgan fingerprint density at radius 2 is 0.696 bits per heavy atom. The standard InChI is InChI=1S/C73H135NO18/c1-3-5-7-9-11-13-15-17-19-21-23-25-27-28-29-31-33-35-37-39-41-43-45-47-49-51-61(79)74-56(57(78)50-48-46-44-42-40-38-36-34-32-30-26-24-22-20-18-16-14-12-10-8-6-4-2)55-87-71-67(85)64(82)69(59(53-76)89-71)92-73-68(86)65(83)70(60(54-77)90-73)91-72-66(84)63(81)62(80)58(52-75)88-72/h32,34,40,42,48,50,56-60,62-73,75-78,80-86H,3-31,33,35-39,41,43-47,49,51-55H2,1-2H3,(H,74,79)/b34-32+,42-40+,50-48+. The van der Waals surface area contributed by atoms with Gasteiger partial charge in [-0.1, -0.05) is 275 Å². The molecule has 0 aromatic heterocycles. The number of aliphatic hydroxyl groups excluding tert-OH is 11. The van der Waals surface area contributed by atoms with Gasteiger partial charge in [-0.3, -0.25) is 4.79 Å². The zero-order valence-corrected chi connectivity index (χ0v) is 57.3. The summed E-state index contributed by atoms with van der Waals surface area (Å²) in [4.78, 5) is 13.4. The number of amides is 1. The largest absolute Gasteiger partial charge is 0.394 e. The number of carbonyl (C=O) groups excluding carboxylic acids is 1. The van der Waals surface area contributed by atoms with Gasteiger partial charge < -0.3 is 89.9 Å². The molecule has 1 amide bonds. The molecule has 540 valence electrons. The van der Waals surface area contributed by atoms with E-state index in [-0.39, 0.29) is 18.9 Å². The summed E-state index contributed by atoms with van der Waals surface area (Å²) in [5.74, 6) is -0.284. The first-order valence-corrected chi connectivity index (χ1v) is 37.2. The zero-order chi connectivity index (χ0) is 66.8. The van der Waals surface area contributed by atoms with Gasteiger partial charge in [-0.15, -0.1) is 0 Å². The molecule has 0 aliphatic carbocycles. The molecular weight excluding hydrogens is 1180 g/mol. The Kier molecular flexibility index (Phi) is 50.3. The lowest BCUT2D eigenvalue weighted by Gasteiger charge is -2.48. The van der Waals surface area contributed by atoms with E-state index in [0.29, 0.717) is 12.8 Å². The summed E-state index contributed by atoms with van der Waals surface area (Å²) in [5.41, 5.74) is 0. The van der Waals surface area contributed by atoms with Gasteiger partial charge in [-0.25, -0.2) is 0 Å². The van der Waals surface area contributed by atoms with Crippen molar-refractivity contribution in [3.8, 4) is 0 Å². The minimum absolute atomic E-state index is 0.236. The van der Waals surface area contributed by atoms with Gasteiger partial charge in [0.2, 0.25) is 5.91 Å². The van der Waals surface area contributed by atoms with Gasteiger partial charge in [0.05, 0.1) is 38.6 Å². The second kappa shape index (κ2) is 55.0. The minimum atomic E-state index is -1.98. The van der Waals surface area contributed by atoms with E-state index in [1.54, 1.807) is 6.08 Å². The maximum absolute atomic E-state index is 13.4. The predicted molar refractivity (Wildman–Crippen MR) is 360 cm³/mol. The van der Waals surface area contributed by atoms with Crippen molar-refractivity contribution in [2.75, 3.05) is 26.4 Å². The average molecular weight is 1310 g/mol. The van der Waals surface area contributed by atoms with Crippen LogP contribution in [0.5, 0.6) is 0 Å². The number of nitrogens with one attached hydrogen (secondary N) is 1. The van der Waals surface area contributed by atoms with Crippen molar-refractivity contribution in [3.05, 3.63) is 36.5 Å². The molecule has 0 spiro atoms. The van der Waals surface area contributed by atoms with Gasteiger partial charge in [0.15, 0.2) is 18.9 Å². The Labute approximate surface area is 555 Å². The van der Waals surface area contributed by atoms with Crippen LogP contribution >= 0.6 is 0 Å². The topological polar surface area (TPSA) is 307 Å². The highest BCUT2D eigenvalue weighted by Gasteiger charge is 2.53. The van der Waals surface area contributed by atoms with Crippen LogP contribution in [0.3, 0.4) is 0 Å². The summed E-state index contributed by atoms with van der Waals surface area (Å²) >= 11 is 0. The molecule has 0 aromatic carbocycles. The van der Waals surface area contributed by atoms with Gasteiger partial charge >= 0.3 is 0 Å². The molecule has 3 saturated heterocycles. The van der Waals surface area contributed by atoms with Crippen molar-refractivity contribution in [1.82, 2.24) is 5.32 Å². The quantitative estimate of drug-likeness (QED) is 0.0199. The highest BCUT2D eigenvalue weighted by Crippen LogP contribution is 2.33. The number of carbonyl (C=O) groups is 1. The van der Waals surface area contributed by atoms with Crippen LogP contribution in [0.2, 0.25) is 0 Å². The Morgan fingerprint density at radius 3 is 1.09 bits per heavy atom. The summed E-state index contributed by atoms with van der Waals surface area (Å²) in [6.45, 7) is 1.75. The third kappa shape index (κ3) is 36.0. The molecule has 17 unspecified atom stereocenters. The van der Waals surface area contributed by atoms with Crippen LogP contribution < -0.4 is 5.32 Å². The van der Waals surface area contributed by atoms with Crippen LogP contribution in [-0.4, -0.2) is 193 Å². The molecule has 0 radical (unpaired) electrons. The monoisotopic (exact) mass is 1310 g/mol. The molecule has 3 fully saturated rings. The molecule has 3 aliphatic heterocycles. The van der Waals surface area contributed by atoms with E-state index in [1.807, 2.05) is 6.08 Å². The SMILES string of the molecule is CCCCCCCCCCCCCC/C=C/CC/C=C/CC/C=C/C(O)C(COC1OC(CO)C(OC2OC(CO)C(OC3OC(CO)C(O)C(O)C3O)C(O)C2O)C(O)C1O)NC(=O)CCCCCCCCCCCCCCCCCCCCCCCCCCC. The Balaban J connectivity index is 1.43. The van der Waals surface area contributed by atoms with Gasteiger partial charge in [0.1, 0.15) is 73.2 Å². The predicted octanol–water partition coefficient (Wildman–Crippen LogP) is 10.8. The fourth-order valence-corrected chi connectivity index (χ4v) is 12.6. The molecular formula is C73H135NO18. The van der Waals surface area contributed by atoms with Crippen molar-refractivity contribution in [2.45, 2.75) is 394 Å². The first kappa shape index (κ1) is 84.2. The van der Waals surface area contributed by atoms with Crippen molar-refractivity contribution in [2.24, 2.45) is 0 Å². The molecule has 3 heterocycles. The van der Waals surface area contributed by atoms with Crippen LogP contribution in [0, 0.1) is 0 Å². The molecule has 0 saturated carbocycles. The molecule has 0 bridgehead atoms. The van der Waals surface area contributed by atoms with Crippen LogP contribution in [0.15, 0.2) is 36.5 Å². The summed E-state index contributed by atoms with van der Waals surface area (Å²) in [6, 6.07) is -0.995. The normalized spacial score (nSPS) is 27.9. The van der Waals surface area contributed by atoms with E-state index in [1.165, 1.54) is 212 Å². The fourth-order valence-electron chi connectivity index (χ4n) is 12.6. The first-order valence-electron chi connectivity index (χ1n) is 37.2. The van der Waals surface area contributed by atoms with Crippen molar-refractivity contribution < 1.29 is 89.4 Å². The van der Waals surface area contributed by atoms with E-state index < -0.39 is 124 Å². The number of aliphatic hydroxyl groups is 11. The molecule has 92 heavy (non-hydrogen) atoms. The maximum atomic E-state index is 13.4. The molecule has 0 aromatic rings. The maximum Gasteiger partial charge on any atom is 0.220 e. The summed E-state index contributed by atoms with van der Waals surface area (Å²) in [7, 11) is 0. The number of hydrogen-bond acceptors (Lipinski definition) is 18. The van der Waals surface area contributed by atoms with Gasteiger partial charge in [-0.05, 0) is 44.9 Å². The van der Waals surface area contributed by atoms with E-state index in [4.69, 9.17) is 28.4 Å². The first-order chi connectivity index (χ1) is 44.8. The lowest BCUT2D eigenvalue weighted by atomic mass is 9.96. The Morgan fingerprint density at radius 1 is 0.380 bits per heavy atom. The molecule has 12 N–H and O–H groups in total. The highest BCUT2D eigenvalue weighted by atomic mass is 16.8. The van der Waals surface area contributed by atoms with Gasteiger partial charge in [-0.2, -0.15) is 0 Å². The number of hydrogen-bond donors (Lipinski definition) is 12. The lowest BCUT2D eigenvalue weighted by Crippen LogP contribution is -2.66. The third-order valence-corrected chi connectivity index (χ3v) is 18.7. The van der Waals surface area contributed by atoms with Crippen LogP contribution in [0.1, 0.15) is 290 Å². The number of ether oxygens (including phenoxy) is 6. The number of allylic oxidation sites excluding steroid dienone is 5. The lowest BCUT2D eigenvalue weighted by molar-refractivity contribution is -0.379. The van der Waals surface area contributed by atoms with Crippen molar-refractivity contribution in [3.63, 3.8) is 0 Å². The number of rotatable bonds is 58. The van der Waals surface area contributed by atoms with E-state index in [0.717, 1.165) is 44.9 Å². The average Bonchev–Trinajstić information content (AvgIpc) is 0.863. The smallest absolute Gasteiger partial charge is 0.220 e. The molecule has 3 rings (SSSR count). The zero-order valence-electron chi connectivity index (χ0n) is 57.3. The molecule has 17 atom stereocenters. The second-order valence-corrected chi connectivity index (χ2v) is 26.7.